The molecule has 1 saturated carbocycles. The van der Waals surface area contributed by atoms with E-state index in [1.807, 2.05) is 7.05 Å². The summed E-state index contributed by atoms with van der Waals surface area (Å²) in [6.07, 6.45) is 3.75. The number of hydrogen-bond acceptors (Lipinski definition) is 3. The number of ether oxygens (including phenoxy) is 2. The first-order valence-corrected chi connectivity index (χ1v) is 5.96. The van der Waals surface area contributed by atoms with Crippen molar-refractivity contribution in [3.63, 3.8) is 0 Å². The van der Waals surface area contributed by atoms with Gasteiger partial charge in [0.2, 0.25) is 0 Å². The predicted octanol–water partition coefficient (Wildman–Crippen LogP) is 1.82. The van der Waals surface area contributed by atoms with Crippen LogP contribution in [0.1, 0.15) is 33.1 Å². The predicted molar refractivity (Wildman–Crippen MR) is 62.1 cm³/mol. The normalized spacial score (nSPS) is 35.2. The molecule has 0 aromatic heterocycles. The van der Waals surface area contributed by atoms with Crippen LogP contribution in [0, 0.1) is 5.41 Å². The van der Waals surface area contributed by atoms with Gasteiger partial charge in [-0.1, -0.05) is 13.8 Å². The van der Waals surface area contributed by atoms with Gasteiger partial charge in [-0.25, -0.2) is 0 Å². The highest BCUT2D eigenvalue weighted by molar-refractivity contribution is 5.04. The zero-order valence-corrected chi connectivity index (χ0v) is 10.5. The van der Waals surface area contributed by atoms with Gasteiger partial charge in [-0.2, -0.15) is 0 Å². The summed E-state index contributed by atoms with van der Waals surface area (Å²) in [4.78, 5) is 0. The fourth-order valence-corrected chi connectivity index (χ4v) is 2.43. The van der Waals surface area contributed by atoms with Crippen LogP contribution in [0.2, 0.25) is 0 Å². The fourth-order valence-electron chi connectivity index (χ4n) is 2.43. The molecular weight excluding hydrogens is 190 g/mol. The van der Waals surface area contributed by atoms with E-state index in [0.29, 0.717) is 17.6 Å². The third-order valence-corrected chi connectivity index (χ3v) is 3.90. The monoisotopic (exact) mass is 215 g/mol. The first-order chi connectivity index (χ1) is 7.19. The Bertz CT molecular complexity index is 186. The van der Waals surface area contributed by atoms with Gasteiger partial charge in [-0.05, 0) is 26.3 Å². The van der Waals surface area contributed by atoms with Crippen molar-refractivity contribution in [1.29, 1.82) is 0 Å². The Morgan fingerprint density at radius 3 is 2.67 bits per heavy atom. The van der Waals surface area contributed by atoms with Crippen LogP contribution in [0.25, 0.3) is 0 Å². The van der Waals surface area contributed by atoms with Gasteiger partial charge >= 0.3 is 0 Å². The fraction of sp³-hybridized carbons (Fsp3) is 1.00. The standard InChI is InChI=1S/C12H25NO2/c1-5-12(2)10(13-3)9-11(12)15-8-6-7-14-4/h10-11,13H,5-9H2,1-4H3. The number of nitrogens with one attached hydrogen (secondary N) is 1. The molecule has 3 atom stereocenters. The molecule has 1 aliphatic carbocycles. The van der Waals surface area contributed by atoms with Crippen molar-refractivity contribution in [1.82, 2.24) is 5.32 Å². The van der Waals surface area contributed by atoms with Crippen LogP contribution in [0.5, 0.6) is 0 Å². The molecular formula is C12H25NO2. The van der Waals surface area contributed by atoms with Gasteiger partial charge < -0.3 is 14.8 Å². The molecule has 0 spiro atoms. The quantitative estimate of drug-likeness (QED) is 0.657. The Labute approximate surface area is 93.5 Å². The molecule has 0 aromatic carbocycles. The van der Waals surface area contributed by atoms with E-state index in [1.54, 1.807) is 7.11 Å². The van der Waals surface area contributed by atoms with Gasteiger partial charge in [0.25, 0.3) is 0 Å². The van der Waals surface area contributed by atoms with Gasteiger partial charge in [-0.3, -0.25) is 0 Å². The zero-order chi connectivity index (χ0) is 11.3. The summed E-state index contributed by atoms with van der Waals surface area (Å²) >= 11 is 0. The molecule has 0 heterocycles. The van der Waals surface area contributed by atoms with E-state index < -0.39 is 0 Å². The van der Waals surface area contributed by atoms with Crippen LogP contribution in [0.4, 0.5) is 0 Å². The van der Waals surface area contributed by atoms with E-state index in [9.17, 15) is 0 Å². The molecule has 0 aliphatic heterocycles. The number of rotatable bonds is 7. The second-order valence-electron chi connectivity index (χ2n) is 4.64. The van der Waals surface area contributed by atoms with Crippen LogP contribution in [-0.4, -0.2) is 39.5 Å². The van der Waals surface area contributed by atoms with E-state index in [0.717, 1.165) is 26.1 Å². The lowest BCUT2D eigenvalue weighted by atomic mass is 9.61. The minimum Gasteiger partial charge on any atom is -0.385 e. The lowest BCUT2D eigenvalue weighted by molar-refractivity contribution is -0.129. The Morgan fingerprint density at radius 1 is 1.40 bits per heavy atom. The third kappa shape index (κ3) is 2.71. The summed E-state index contributed by atoms with van der Waals surface area (Å²) < 4.78 is 10.9. The van der Waals surface area contributed by atoms with Crippen molar-refractivity contribution < 1.29 is 9.47 Å². The van der Waals surface area contributed by atoms with Crippen molar-refractivity contribution in [3.05, 3.63) is 0 Å². The smallest absolute Gasteiger partial charge is 0.0658 e. The Balaban J connectivity index is 2.26. The lowest BCUT2D eigenvalue weighted by Crippen LogP contribution is -2.61. The van der Waals surface area contributed by atoms with Crippen LogP contribution in [0.15, 0.2) is 0 Å². The molecule has 1 aliphatic rings. The Hall–Kier alpha value is -0.120. The average molecular weight is 215 g/mol. The summed E-state index contributed by atoms with van der Waals surface area (Å²) in [5, 5.41) is 3.37. The van der Waals surface area contributed by atoms with Crippen molar-refractivity contribution in [3.8, 4) is 0 Å². The lowest BCUT2D eigenvalue weighted by Gasteiger charge is -2.53. The molecule has 0 saturated heterocycles. The average Bonchev–Trinajstić information content (AvgIpc) is 2.26. The first-order valence-electron chi connectivity index (χ1n) is 5.96. The largest absolute Gasteiger partial charge is 0.385 e. The minimum atomic E-state index is 0.321. The van der Waals surface area contributed by atoms with Gasteiger partial charge in [0, 0.05) is 31.8 Å². The summed E-state index contributed by atoms with van der Waals surface area (Å²) in [6.45, 7) is 6.18. The summed E-state index contributed by atoms with van der Waals surface area (Å²) in [5.41, 5.74) is 0.321. The van der Waals surface area contributed by atoms with Crippen LogP contribution in [0.3, 0.4) is 0 Å². The molecule has 3 unspecified atom stereocenters. The molecule has 0 amide bonds. The highest BCUT2D eigenvalue weighted by atomic mass is 16.5. The molecule has 3 nitrogen and oxygen atoms in total. The molecule has 90 valence electrons. The van der Waals surface area contributed by atoms with Crippen molar-refractivity contribution in [2.75, 3.05) is 27.4 Å². The van der Waals surface area contributed by atoms with E-state index in [2.05, 4.69) is 19.2 Å². The minimum absolute atomic E-state index is 0.321. The van der Waals surface area contributed by atoms with E-state index in [1.165, 1.54) is 6.42 Å². The van der Waals surface area contributed by atoms with Crippen LogP contribution in [-0.2, 0) is 9.47 Å². The van der Waals surface area contributed by atoms with Crippen LogP contribution >= 0.6 is 0 Å². The first kappa shape index (κ1) is 12.9. The number of methoxy groups -OCH3 is 1. The topological polar surface area (TPSA) is 30.5 Å². The van der Waals surface area contributed by atoms with Gasteiger partial charge in [0.05, 0.1) is 6.10 Å². The molecule has 3 heteroatoms. The van der Waals surface area contributed by atoms with E-state index in [-0.39, 0.29) is 0 Å². The molecule has 15 heavy (non-hydrogen) atoms. The molecule has 1 fully saturated rings. The zero-order valence-electron chi connectivity index (χ0n) is 10.5. The maximum atomic E-state index is 5.90. The second kappa shape index (κ2) is 5.83. The molecule has 0 radical (unpaired) electrons. The molecule has 1 rings (SSSR count). The van der Waals surface area contributed by atoms with Gasteiger partial charge in [0.1, 0.15) is 0 Å². The third-order valence-electron chi connectivity index (χ3n) is 3.90. The van der Waals surface area contributed by atoms with Crippen LogP contribution < -0.4 is 5.32 Å². The van der Waals surface area contributed by atoms with Crippen molar-refractivity contribution in [2.24, 2.45) is 5.41 Å². The van der Waals surface area contributed by atoms with Gasteiger partial charge in [-0.15, -0.1) is 0 Å². The van der Waals surface area contributed by atoms with Crippen molar-refractivity contribution in [2.45, 2.75) is 45.3 Å². The molecule has 1 N–H and O–H groups in total. The Morgan fingerprint density at radius 2 is 2.13 bits per heavy atom. The summed E-state index contributed by atoms with van der Waals surface area (Å²) in [7, 11) is 3.77. The summed E-state index contributed by atoms with van der Waals surface area (Å²) in [5.74, 6) is 0. The Kier molecular flexibility index (Phi) is 5.03. The molecule has 0 aromatic rings. The number of hydrogen-bond donors (Lipinski definition) is 1. The SMILES string of the molecule is CCC1(C)C(NC)CC1OCCCOC. The van der Waals surface area contributed by atoms with E-state index >= 15 is 0 Å². The van der Waals surface area contributed by atoms with Crippen molar-refractivity contribution >= 4 is 0 Å². The maximum absolute atomic E-state index is 5.90. The highest BCUT2D eigenvalue weighted by Gasteiger charge is 2.50. The molecule has 0 bridgehead atoms. The summed E-state index contributed by atoms with van der Waals surface area (Å²) in [6, 6.07) is 0.620. The highest BCUT2D eigenvalue weighted by Crippen LogP contribution is 2.45. The second-order valence-corrected chi connectivity index (χ2v) is 4.64. The van der Waals surface area contributed by atoms with E-state index in [4.69, 9.17) is 9.47 Å². The van der Waals surface area contributed by atoms with Gasteiger partial charge in [0.15, 0.2) is 0 Å². The maximum Gasteiger partial charge on any atom is 0.0658 e.